The van der Waals surface area contributed by atoms with Crippen molar-refractivity contribution in [2.45, 2.75) is 51.2 Å². The van der Waals surface area contributed by atoms with Gasteiger partial charge in [-0.2, -0.15) is 5.10 Å². The molecule has 142 valence electrons. The predicted molar refractivity (Wildman–Crippen MR) is 105 cm³/mol. The number of carbonyl (C=O) groups excluding carboxylic acids is 1. The lowest BCUT2D eigenvalue weighted by Gasteiger charge is -2.24. The second-order valence-electron chi connectivity index (χ2n) is 8.05. The van der Waals surface area contributed by atoms with Crippen molar-refractivity contribution in [1.82, 2.24) is 24.8 Å². The number of hydrogen-bond donors (Lipinski definition) is 2. The maximum absolute atomic E-state index is 13.0. The number of aromatic nitrogens is 3. The van der Waals surface area contributed by atoms with Crippen molar-refractivity contribution in [2.24, 2.45) is 5.92 Å². The number of carbonyl (C=O) groups is 1. The summed E-state index contributed by atoms with van der Waals surface area (Å²) in [6.07, 6.45) is 2.16. The van der Waals surface area contributed by atoms with Gasteiger partial charge in [-0.1, -0.05) is 13.8 Å². The van der Waals surface area contributed by atoms with Crippen molar-refractivity contribution in [3.8, 4) is 0 Å². The number of amides is 1. The molecule has 1 amide bonds. The number of piperidine rings is 1. The van der Waals surface area contributed by atoms with Gasteiger partial charge in [-0.05, 0) is 42.8 Å². The third kappa shape index (κ3) is 2.70. The smallest absolute Gasteiger partial charge is 0.291 e. The first-order chi connectivity index (χ1) is 13.0. The van der Waals surface area contributed by atoms with Crippen LogP contribution in [0.4, 0.5) is 0 Å². The molecule has 1 saturated carbocycles. The molecular weight excluding hydrogens is 362 g/mol. The average Bonchev–Trinajstić information content (AvgIpc) is 3.37. The Morgan fingerprint density at radius 1 is 1.44 bits per heavy atom. The fourth-order valence-corrected chi connectivity index (χ4v) is 5.44. The number of nitrogens with one attached hydrogen (secondary N) is 2. The molecule has 2 N–H and O–H groups in total. The average molecular weight is 385 g/mol. The van der Waals surface area contributed by atoms with Gasteiger partial charge in [0.1, 0.15) is 22.7 Å². The highest BCUT2D eigenvalue weighted by atomic mass is 32.1. The Morgan fingerprint density at radius 2 is 2.30 bits per heavy atom. The molecule has 27 heavy (non-hydrogen) atoms. The minimum atomic E-state index is -0.219. The maximum Gasteiger partial charge on any atom is 0.291 e. The number of hydrogen-bond acceptors (Lipinski definition) is 5. The Balaban J connectivity index is 1.48. The second-order valence-corrected chi connectivity index (χ2v) is 8.94. The predicted octanol–water partition coefficient (Wildman–Crippen LogP) is 1.70. The summed E-state index contributed by atoms with van der Waals surface area (Å²) in [7, 11) is 0. The molecule has 3 aromatic rings. The minimum Gasteiger partial charge on any atom is -0.350 e. The van der Waals surface area contributed by atoms with Gasteiger partial charge in [0.15, 0.2) is 0 Å². The first-order valence-corrected chi connectivity index (χ1v) is 10.4. The molecule has 3 aromatic heterocycles. The van der Waals surface area contributed by atoms with Gasteiger partial charge in [0.25, 0.3) is 5.56 Å². The molecule has 1 aliphatic carbocycles. The molecule has 5 rings (SSSR count). The van der Waals surface area contributed by atoms with E-state index < -0.39 is 0 Å². The molecule has 1 aliphatic heterocycles. The SMILES string of the molecule is CC(C)c1nn(CC(=O)NC2C[C@H]3CN[C@@H]2C3)c(=O)c2cc3ccsc3n12. The molecule has 1 saturated heterocycles. The van der Waals surface area contributed by atoms with Crippen LogP contribution in [0.25, 0.3) is 15.7 Å². The third-order valence-electron chi connectivity index (χ3n) is 5.80. The van der Waals surface area contributed by atoms with E-state index in [1.807, 2.05) is 21.9 Å². The Bertz CT molecular complexity index is 1090. The summed E-state index contributed by atoms with van der Waals surface area (Å²) in [6, 6.07) is 4.44. The highest BCUT2D eigenvalue weighted by Crippen LogP contribution is 2.31. The fourth-order valence-electron chi connectivity index (χ4n) is 4.54. The number of thiophene rings is 1. The van der Waals surface area contributed by atoms with Gasteiger partial charge in [-0.3, -0.25) is 14.0 Å². The lowest BCUT2D eigenvalue weighted by atomic mass is 10.1. The molecular formula is C19H23N5O2S. The van der Waals surface area contributed by atoms with Gasteiger partial charge in [0, 0.05) is 23.4 Å². The van der Waals surface area contributed by atoms with Crippen LogP contribution in [0.3, 0.4) is 0 Å². The number of nitrogens with zero attached hydrogens (tertiary/aromatic N) is 3. The summed E-state index contributed by atoms with van der Waals surface area (Å²) in [5.74, 6) is 1.46. The second kappa shape index (κ2) is 6.17. The lowest BCUT2D eigenvalue weighted by molar-refractivity contribution is -0.122. The van der Waals surface area contributed by atoms with Crippen molar-refractivity contribution in [3.05, 3.63) is 33.7 Å². The number of fused-ring (bicyclic) bond motifs is 5. The minimum absolute atomic E-state index is 0.0399. The zero-order valence-corrected chi connectivity index (χ0v) is 16.3. The van der Waals surface area contributed by atoms with E-state index in [2.05, 4.69) is 29.6 Å². The largest absolute Gasteiger partial charge is 0.350 e. The molecule has 1 unspecified atom stereocenters. The molecule has 0 aromatic carbocycles. The van der Waals surface area contributed by atoms with Crippen molar-refractivity contribution in [1.29, 1.82) is 0 Å². The highest BCUT2D eigenvalue weighted by Gasteiger charge is 2.40. The van der Waals surface area contributed by atoms with Crippen LogP contribution in [-0.2, 0) is 11.3 Å². The van der Waals surface area contributed by atoms with E-state index in [1.54, 1.807) is 11.3 Å². The van der Waals surface area contributed by atoms with Crippen LogP contribution in [0.5, 0.6) is 0 Å². The summed E-state index contributed by atoms with van der Waals surface area (Å²) >= 11 is 1.60. The summed E-state index contributed by atoms with van der Waals surface area (Å²) in [5.41, 5.74) is 0.369. The molecule has 0 radical (unpaired) electrons. The maximum atomic E-state index is 13.0. The van der Waals surface area contributed by atoms with E-state index in [-0.39, 0.29) is 30.0 Å². The van der Waals surface area contributed by atoms with E-state index in [1.165, 1.54) is 4.68 Å². The third-order valence-corrected chi connectivity index (χ3v) is 6.72. The zero-order valence-electron chi connectivity index (χ0n) is 15.4. The normalized spacial score (nSPS) is 24.5. The van der Waals surface area contributed by atoms with Crippen LogP contribution in [0.2, 0.25) is 0 Å². The summed E-state index contributed by atoms with van der Waals surface area (Å²) in [6.45, 7) is 5.12. The van der Waals surface area contributed by atoms with Crippen LogP contribution < -0.4 is 16.2 Å². The fraction of sp³-hybridized carbons (Fsp3) is 0.526. The molecule has 2 fully saturated rings. The summed E-state index contributed by atoms with van der Waals surface area (Å²) in [4.78, 5) is 26.6. The molecule has 2 bridgehead atoms. The highest BCUT2D eigenvalue weighted by molar-refractivity contribution is 7.16. The van der Waals surface area contributed by atoms with Crippen molar-refractivity contribution >= 4 is 33.0 Å². The Hall–Kier alpha value is -2.19. The van der Waals surface area contributed by atoms with Gasteiger partial charge in [-0.25, -0.2) is 4.68 Å². The van der Waals surface area contributed by atoms with Crippen molar-refractivity contribution in [3.63, 3.8) is 0 Å². The van der Waals surface area contributed by atoms with Crippen LogP contribution >= 0.6 is 11.3 Å². The van der Waals surface area contributed by atoms with Gasteiger partial charge in [0.2, 0.25) is 5.91 Å². The first kappa shape index (κ1) is 16.9. The van der Waals surface area contributed by atoms with E-state index in [0.29, 0.717) is 17.5 Å². The Kier molecular flexibility index (Phi) is 3.87. The molecule has 2 aliphatic rings. The first-order valence-electron chi connectivity index (χ1n) is 9.53. The van der Waals surface area contributed by atoms with Crippen LogP contribution in [0, 0.1) is 5.92 Å². The van der Waals surface area contributed by atoms with Crippen LogP contribution in [0.1, 0.15) is 38.4 Å². The van der Waals surface area contributed by atoms with Crippen molar-refractivity contribution in [2.75, 3.05) is 6.54 Å². The molecule has 8 heteroatoms. The van der Waals surface area contributed by atoms with Gasteiger partial charge >= 0.3 is 0 Å². The summed E-state index contributed by atoms with van der Waals surface area (Å²) < 4.78 is 3.27. The Morgan fingerprint density at radius 3 is 3.00 bits per heavy atom. The molecule has 7 nitrogen and oxygen atoms in total. The Labute approximate surface area is 160 Å². The quantitative estimate of drug-likeness (QED) is 0.716. The standard InChI is InChI=1S/C19H23N5O2S/c1-10(2)17-22-23(9-16(25)21-14-6-11-5-13(14)20-8-11)18(26)15-7-12-3-4-27-19(12)24(15)17/h3-4,7,10-11,13-14,20H,5-6,8-9H2,1-2H3,(H,21,25)/t11-,13+,14?/m0/s1. The lowest BCUT2D eigenvalue weighted by Crippen LogP contribution is -2.49. The van der Waals surface area contributed by atoms with E-state index >= 15 is 0 Å². The van der Waals surface area contributed by atoms with Crippen LogP contribution in [-0.4, -0.2) is 38.7 Å². The van der Waals surface area contributed by atoms with Gasteiger partial charge < -0.3 is 10.6 Å². The van der Waals surface area contributed by atoms with Gasteiger partial charge in [0.05, 0.1) is 0 Å². The molecule has 4 heterocycles. The van der Waals surface area contributed by atoms with E-state index in [0.717, 1.165) is 35.4 Å². The van der Waals surface area contributed by atoms with Gasteiger partial charge in [-0.15, -0.1) is 11.3 Å². The molecule has 3 atom stereocenters. The monoisotopic (exact) mass is 385 g/mol. The number of rotatable bonds is 4. The van der Waals surface area contributed by atoms with Crippen molar-refractivity contribution < 1.29 is 4.79 Å². The van der Waals surface area contributed by atoms with Crippen LogP contribution in [0.15, 0.2) is 22.3 Å². The molecule has 0 spiro atoms. The zero-order chi connectivity index (χ0) is 18.7. The van der Waals surface area contributed by atoms with E-state index in [9.17, 15) is 9.59 Å². The topological polar surface area (TPSA) is 80.4 Å². The summed E-state index contributed by atoms with van der Waals surface area (Å²) in [5, 5.41) is 14.2. The van der Waals surface area contributed by atoms with E-state index in [4.69, 9.17) is 0 Å².